The number of aliphatic hydroxyl groups excluding tert-OH is 1. The third kappa shape index (κ3) is 6.45. The second kappa shape index (κ2) is 13.8. The molecule has 9 atom stereocenters. The Morgan fingerprint density at radius 2 is 1.60 bits per heavy atom. The third-order valence-corrected chi connectivity index (χ3v) is 16.6. The van der Waals surface area contributed by atoms with Gasteiger partial charge >= 0.3 is 11.9 Å². The van der Waals surface area contributed by atoms with E-state index in [1.54, 1.807) is 13.8 Å². The molecule has 4 saturated carbocycles. The number of likely N-dealkylation sites (N-methyl/N-ethyl adjacent to an activating group) is 1. The largest absolute Gasteiger partial charge is 0.481 e. The van der Waals surface area contributed by atoms with Crippen LogP contribution in [0, 0.1) is 56.2 Å². The number of Topliss-reactive ketones (excluding diaryl/α,β-unsaturated/α-hetero) is 1. The van der Waals surface area contributed by atoms with E-state index in [0.29, 0.717) is 36.4 Å². The molecular weight excluding hydrogens is 686 g/mol. The lowest BCUT2D eigenvalue weighted by atomic mass is 9.33. The summed E-state index contributed by atoms with van der Waals surface area (Å²) in [6, 6.07) is 7.89. The maximum atomic E-state index is 14.1. The van der Waals surface area contributed by atoms with Crippen LogP contribution in [0.5, 0.6) is 0 Å². The molecule has 4 fully saturated rings. The predicted octanol–water partition coefficient (Wildman–Crippen LogP) is 9.53. The number of nitrogens with zero attached hydrogens (tertiary/aromatic N) is 1. The van der Waals surface area contributed by atoms with Crippen molar-refractivity contribution >= 4 is 29.3 Å². The normalized spacial score (nSPS) is 37.1. The molecule has 7 nitrogen and oxygen atoms in total. The molecule has 0 bridgehead atoms. The molecule has 294 valence electrons. The molecule has 1 aromatic carbocycles. The summed E-state index contributed by atoms with van der Waals surface area (Å²) in [5.74, 6) is 0.0429. The summed E-state index contributed by atoms with van der Waals surface area (Å²) in [4.78, 5) is 41.2. The average molecular weight is 752 g/mol. The van der Waals surface area contributed by atoms with Crippen molar-refractivity contribution in [1.29, 1.82) is 0 Å². The Balaban J connectivity index is 1.27. The lowest BCUT2D eigenvalue weighted by Gasteiger charge is -2.72. The molecule has 8 heteroatoms. The molecule has 5 aliphatic carbocycles. The van der Waals surface area contributed by atoms with Gasteiger partial charge in [0.1, 0.15) is 6.10 Å². The van der Waals surface area contributed by atoms with Crippen LogP contribution in [-0.2, 0) is 25.7 Å². The van der Waals surface area contributed by atoms with Crippen molar-refractivity contribution < 1.29 is 29.3 Å². The molecule has 53 heavy (non-hydrogen) atoms. The average Bonchev–Trinajstić information content (AvgIpc) is 3.37. The SMILES string of the molecule is CC(C)C1=C2C3CCC4C5(C)CCC(OC(=O)CC(C)(C)C(=O)O)C(C)(C)C5CCC4(C)C3(C)CCC2(C(O)CN(C)Cc2ccc(Cl)cc2)CC1=O. The van der Waals surface area contributed by atoms with Crippen molar-refractivity contribution in [2.45, 2.75) is 145 Å². The Kier molecular flexibility index (Phi) is 10.5. The highest BCUT2D eigenvalue weighted by Gasteiger charge is 2.70. The first-order valence-corrected chi connectivity index (χ1v) is 20.7. The summed E-state index contributed by atoms with van der Waals surface area (Å²) in [7, 11) is 2.06. The monoisotopic (exact) mass is 751 g/mol. The first-order valence-electron chi connectivity index (χ1n) is 20.4. The standard InChI is InChI=1S/C45H66ClNO6/c1-27(2)37-31(48)23-45(34(49)26-47(10)25-28-11-13-29(46)14-12-28)22-21-43(8)30(38(37)45)15-16-33-42(7)19-18-35(53-36(50)24-40(3,4)39(51)52)41(5,6)32(42)17-20-44(33,43)9/h11-14,27,30,32-35,49H,15-26H2,1-10H3,(H,51,52). The number of halogens is 1. The van der Waals surface area contributed by atoms with Crippen LogP contribution in [0.2, 0.25) is 5.02 Å². The van der Waals surface area contributed by atoms with Gasteiger partial charge in [-0.25, -0.2) is 0 Å². The molecule has 0 heterocycles. The van der Waals surface area contributed by atoms with Gasteiger partial charge in [-0.1, -0.05) is 77.8 Å². The Hall–Kier alpha value is -2.22. The summed E-state index contributed by atoms with van der Waals surface area (Å²) >= 11 is 6.15. The lowest BCUT2D eigenvalue weighted by Crippen LogP contribution is -2.66. The first kappa shape index (κ1) is 40.4. The third-order valence-electron chi connectivity index (χ3n) is 16.4. The van der Waals surface area contributed by atoms with Crippen LogP contribution < -0.4 is 0 Å². The van der Waals surface area contributed by atoms with Gasteiger partial charge in [-0.15, -0.1) is 0 Å². The number of carboxylic acid groups (broad SMARTS) is 1. The molecule has 9 unspecified atom stereocenters. The minimum atomic E-state index is -1.17. The van der Waals surface area contributed by atoms with E-state index in [1.807, 2.05) is 24.3 Å². The second-order valence-electron chi connectivity index (χ2n) is 20.4. The summed E-state index contributed by atoms with van der Waals surface area (Å²) in [5.41, 5.74) is 1.60. The number of aliphatic carboxylic acids is 1. The zero-order valence-corrected chi connectivity index (χ0v) is 34.9. The maximum absolute atomic E-state index is 14.1. The van der Waals surface area contributed by atoms with Gasteiger partial charge in [-0.05, 0) is 135 Å². The van der Waals surface area contributed by atoms with Gasteiger partial charge in [0, 0.05) is 35.4 Å². The molecule has 0 spiro atoms. The smallest absolute Gasteiger partial charge is 0.309 e. The molecular formula is C45H66ClNO6. The molecule has 0 saturated heterocycles. The predicted molar refractivity (Wildman–Crippen MR) is 209 cm³/mol. The van der Waals surface area contributed by atoms with Gasteiger partial charge in [-0.3, -0.25) is 19.3 Å². The van der Waals surface area contributed by atoms with Gasteiger partial charge in [0.2, 0.25) is 0 Å². The zero-order chi connectivity index (χ0) is 39.1. The Labute approximate surface area is 323 Å². The van der Waals surface area contributed by atoms with Gasteiger partial charge in [0.15, 0.2) is 5.78 Å². The van der Waals surface area contributed by atoms with Crippen molar-refractivity contribution in [3.8, 4) is 0 Å². The minimum Gasteiger partial charge on any atom is -0.481 e. The number of hydrogen-bond acceptors (Lipinski definition) is 6. The van der Waals surface area contributed by atoms with Crippen molar-refractivity contribution in [1.82, 2.24) is 4.90 Å². The molecule has 0 radical (unpaired) electrons. The number of aliphatic hydroxyl groups is 1. The van der Waals surface area contributed by atoms with E-state index in [9.17, 15) is 24.6 Å². The van der Waals surface area contributed by atoms with Gasteiger partial charge < -0.3 is 14.9 Å². The topological polar surface area (TPSA) is 104 Å². The molecule has 2 N–H and O–H groups in total. The second-order valence-corrected chi connectivity index (χ2v) is 20.8. The number of carbonyl (C=O) groups is 3. The Morgan fingerprint density at radius 1 is 0.943 bits per heavy atom. The van der Waals surface area contributed by atoms with Gasteiger partial charge in [0.25, 0.3) is 0 Å². The van der Waals surface area contributed by atoms with E-state index in [1.165, 1.54) is 5.57 Å². The number of rotatable bonds is 10. The van der Waals surface area contributed by atoms with Gasteiger partial charge in [0.05, 0.1) is 17.9 Å². The number of ether oxygens (including phenoxy) is 1. The van der Waals surface area contributed by atoms with E-state index in [0.717, 1.165) is 62.5 Å². The molecule has 0 amide bonds. The fraction of sp³-hybridized carbons (Fsp3) is 0.756. The Bertz CT molecular complexity index is 1650. The van der Waals surface area contributed by atoms with E-state index in [-0.39, 0.29) is 51.8 Å². The number of allylic oxidation sites excluding steroid dienone is 1. The van der Waals surface area contributed by atoms with Crippen LogP contribution in [0.15, 0.2) is 35.4 Å². The number of carboxylic acids is 1. The number of benzene rings is 1. The Morgan fingerprint density at radius 3 is 2.23 bits per heavy atom. The van der Waals surface area contributed by atoms with Crippen molar-refractivity contribution in [3.05, 3.63) is 46.0 Å². The summed E-state index contributed by atoms with van der Waals surface area (Å²) in [6.07, 6.45) is 7.21. The summed E-state index contributed by atoms with van der Waals surface area (Å²) < 4.78 is 6.17. The lowest BCUT2D eigenvalue weighted by molar-refractivity contribution is -0.235. The number of esters is 1. The minimum absolute atomic E-state index is 0.0156. The number of ketones is 1. The molecule has 1 aromatic rings. The molecule has 0 aromatic heterocycles. The number of fused-ring (bicyclic) bond motifs is 7. The quantitative estimate of drug-likeness (QED) is 0.230. The number of hydrogen-bond donors (Lipinski definition) is 2. The fourth-order valence-electron chi connectivity index (χ4n) is 13.3. The zero-order valence-electron chi connectivity index (χ0n) is 34.1. The maximum Gasteiger partial charge on any atom is 0.309 e. The fourth-order valence-corrected chi connectivity index (χ4v) is 13.5. The molecule has 0 aliphatic heterocycles. The highest BCUT2D eigenvalue weighted by Crippen LogP contribution is 2.77. The van der Waals surface area contributed by atoms with Crippen molar-refractivity contribution in [2.24, 2.45) is 56.2 Å². The molecule has 6 rings (SSSR count). The highest BCUT2D eigenvalue weighted by atomic mass is 35.5. The van der Waals surface area contributed by atoms with E-state index in [4.69, 9.17) is 16.3 Å². The van der Waals surface area contributed by atoms with Crippen molar-refractivity contribution in [2.75, 3.05) is 13.6 Å². The van der Waals surface area contributed by atoms with Crippen LogP contribution in [0.3, 0.4) is 0 Å². The summed E-state index contributed by atoms with van der Waals surface area (Å²) in [5, 5.41) is 22.7. The van der Waals surface area contributed by atoms with Crippen LogP contribution >= 0.6 is 11.6 Å². The highest BCUT2D eigenvalue weighted by molar-refractivity contribution is 6.30. The molecule has 5 aliphatic rings. The van der Waals surface area contributed by atoms with Crippen LogP contribution in [0.4, 0.5) is 0 Å². The van der Waals surface area contributed by atoms with Gasteiger partial charge in [-0.2, -0.15) is 0 Å². The van der Waals surface area contributed by atoms with Crippen LogP contribution in [0.1, 0.15) is 132 Å². The van der Waals surface area contributed by atoms with E-state index < -0.39 is 28.9 Å². The van der Waals surface area contributed by atoms with Crippen LogP contribution in [-0.4, -0.2) is 58.6 Å². The summed E-state index contributed by atoms with van der Waals surface area (Å²) in [6.45, 7) is 20.9. The number of carbonyl (C=O) groups excluding carboxylic acids is 2. The van der Waals surface area contributed by atoms with E-state index >= 15 is 0 Å². The first-order chi connectivity index (χ1) is 24.5. The van der Waals surface area contributed by atoms with Crippen LogP contribution in [0.25, 0.3) is 0 Å². The van der Waals surface area contributed by atoms with Crippen molar-refractivity contribution in [3.63, 3.8) is 0 Å². The van der Waals surface area contributed by atoms with E-state index in [2.05, 4.69) is 60.4 Å².